The third kappa shape index (κ3) is 1.95. The Morgan fingerprint density at radius 1 is 1.18 bits per heavy atom. The number of pyridine rings is 1. The second kappa shape index (κ2) is 3.65. The molecule has 2 rings (SSSR count). The van der Waals surface area contributed by atoms with Crippen molar-refractivity contribution in [2.75, 3.05) is 0 Å². The number of hydrogen-bond donors (Lipinski definition) is 1. The highest BCUT2D eigenvalue weighted by Crippen LogP contribution is 2.29. The predicted octanol–water partition coefficient (Wildman–Crippen LogP) is 3.10. The molecule has 0 aliphatic rings. The number of aromatic nitrogens is 1. The average Bonchev–Trinajstić information content (AvgIpc) is 2.21. The summed E-state index contributed by atoms with van der Waals surface area (Å²) in [6.07, 6.45) is 0. The zero-order valence-corrected chi connectivity index (χ0v) is 9.90. The van der Waals surface area contributed by atoms with Gasteiger partial charge in [0, 0.05) is 22.6 Å². The van der Waals surface area contributed by atoms with Gasteiger partial charge in [-0.05, 0) is 11.5 Å². The van der Waals surface area contributed by atoms with E-state index in [9.17, 15) is 13.6 Å². The number of halogens is 2. The number of H-pyrrole nitrogens is 1. The summed E-state index contributed by atoms with van der Waals surface area (Å²) >= 11 is 0. The molecule has 1 aromatic heterocycles. The molecular formula is C13H13F2NO. The molecule has 4 heteroatoms. The van der Waals surface area contributed by atoms with Gasteiger partial charge in [-0.25, -0.2) is 8.78 Å². The van der Waals surface area contributed by atoms with Crippen LogP contribution in [-0.2, 0) is 5.41 Å². The molecule has 1 aromatic carbocycles. The van der Waals surface area contributed by atoms with Crippen molar-refractivity contribution < 1.29 is 8.78 Å². The Morgan fingerprint density at radius 3 is 2.41 bits per heavy atom. The molecule has 2 nitrogen and oxygen atoms in total. The first-order chi connectivity index (χ1) is 7.80. The summed E-state index contributed by atoms with van der Waals surface area (Å²) in [5, 5.41) is 0.565. The zero-order valence-electron chi connectivity index (χ0n) is 9.90. The van der Waals surface area contributed by atoms with Crippen molar-refractivity contribution in [2.45, 2.75) is 26.2 Å². The first-order valence-electron chi connectivity index (χ1n) is 5.32. The van der Waals surface area contributed by atoms with E-state index in [0.717, 1.165) is 6.07 Å². The first kappa shape index (κ1) is 11.8. The maximum atomic E-state index is 13.8. The van der Waals surface area contributed by atoms with E-state index in [-0.39, 0.29) is 10.9 Å². The Hall–Kier alpha value is -1.71. The van der Waals surface area contributed by atoms with E-state index in [1.807, 2.05) is 20.8 Å². The van der Waals surface area contributed by atoms with Gasteiger partial charge in [-0.15, -0.1) is 0 Å². The van der Waals surface area contributed by atoms with Crippen molar-refractivity contribution in [3.8, 4) is 0 Å². The van der Waals surface area contributed by atoms with Gasteiger partial charge < -0.3 is 4.98 Å². The van der Waals surface area contributed by atoms with Crippen LogP contribution in [0.1, 0.15) is 26.5 Å². The third-order valence-electron chi connectivity index (χ3n) is 2.66. The summed E-state index contributed by atoms with van der Waals surface area (Å²) in [6.45, 7) is 5.51. The molecule has 0 bridgehead atoms. The number of fused-ring (bicyclic) bond motifs is 1. The highest BCUT2D eigenvalue weighted by atomic mass is 19.2. The maximum absolute atomic E-state index is 13.8. The molecule has 0 radical (unpaired) electrons. The fourth-order valence-electron chi connectivity index (χ4n) is 1.87. The fraction of sp³-hybridized carbons (Fsp3) is 0.308. The highest BCUT2D eigenvalue weighted by molar-refractivity contribution is 5.85. The lowest BCUT2D eigenvalue weighted by Gasteiger charge is -2.20. The van der Waals surface area contributed by atoms with E-state index >= 15 is 0 Å². The minimum Gasteiger partial charge on any atom is -0.325 e. The van der Waals surface area contributed by atoms with Crippen molar-refractivity contribution in [3.05, 3.63) is 45.9 Å². The molecule has 0 spiro atoms. The molecule has 90 valence electrons. The molecule has 0 unspecified atom stereocenters. The van der Waals surface area contributed by atoms with E-state index < -0.39 is 17.0 Å². The molecule has 2 aromatic rings. The number of benzene rings is 1. The van der Waals surface area contributed by atoms with Gasteiger partial charge in [0.15, 0.2) is 11.6 Å². The molecule has 0 aliphatic heterocycles. The van der Waals surface area contributed by atoms with Gasteiger partial charge in [-0.2, -0.15) is 0 Å². The highest BCUT2D eigenvalue weighted by Gasteiger charge is 2.22. The summed E-state index contributed by atoms with van der Waals surface area (Å²) in [6, 6.07) is 3.72. The van der Waals surface area contributed by atoms with Crippen LogP contribution in [0.15, 0.2) is 23.0 Å². The minimum absolute atomic E-state index is 0.150. The largest absolute Gasteiger partial charge is 0.325 e. The molecule has 0 saturated heterocycles. The number of aromatic amines is 1. The van der Waals surface area contributed by atoms with Crippen LogP contribution in [0.25, 0.3) is 10.8 Å². The maximum Gasteiger partial charge on any atom is 0.248 e. The summed E-state index contributed by atoms with van der Waals surface area (Å²) in [5.41, 5.74) is -0.363. The standard InChI is InChI=1S/C13H13F2NO/c1-13(2,3)12-10-7(6-9(17)16-12)4-5-8(14)11(10)15/h4-6H,1-3H3,(H,16,17). The smallest absolute Gasteiger partial charge is 0.248 e. The van der Waals surface area contributed by atoms with Crippen LogP contribution >= 0.6 is 0 Å². The van der Waals surface area contributed by atoms with Crippen molar-refractivity contribution in [1.82, 2.24) is 4.98 Å². The van der Waals surface area contributed by atoms with Crippen molar-refractivity contribution in [3.63, 3.8) is 0 Å². The first-order valence-corrected chi connectivity index (χ1v) is 5.32. The summed E-state index contributed by atoms with van der Waals surface area (Å²) in [4.78, 5) is 14.1. The van der Waals surface area contributed by atoms with Crippen LogP contribution < -0.4 is 5.56 Å². The number of rotatable bonds is 0. The molecule has 0 fully saturated rings. The normalized spacial score (nSPS) is 12.1. The van der Waals surface area contributed by atoms with E-state index in [1.165, 1.54) is 12.1 Å². The Kier molecular flexibility index (Phi) is 2.53. The van der Waals surface area contributed by atoms with E-state index in [2.05, 4.69) is 4.98 Å². The molecule has 0 atom stereocenters. The SMILES string of the molecule is CC(C)(C)c1[nH]c(=O)cc2ccc(F)c(F)c12. The van der Waals surface area contributed by atoms with Crippen molar-refractivity contribution >= 4 is 10.8 Å². The van der Waals surface area contributed by atoms with Gasteiger partial charge in [-0.3, -0.25) is 4.79 Å². The summed E-state index contributed by atoms with van der Waals surface area (Å²) < 4.78 is 27.1. The second-order valence-corrected chi connectivity index (χ2v) is 5.08. The van der Waals surface area contributed by atoms with Crippen molar-refractivity contribution in [2.24, 2.45) is 0 Å². The lowest BCUT2D eigenvalue weighted by molar-refractivity contribution is 0.510. The lowest BCUT2D eigenvalue weighted by atomic mass is 9.88. The molecule has 1 N–H and O–H groups in total. The van der Waals surface area contributed by atoms with Gasteiger partial charge >= 0.3 is 0 Å². The Bertz CT molecular complexity index is 638. The molecule has 0 saturated carbocycles. The van der Waals surface area contributed by atoms with Crippen LogP contribution in [0.3, 0.4) is 0 Å². The van der Waals surface area contributed by atoms with E-state index in [1.54, 1.807) is 0 Å². The Balaban J connectivity index is 3.00. The van der Waals surface area contributed by atoms with E-state index in [0.29, 0.717) is 11.1 Å². The number of nitrogens with one attached hydrogen (secondary N) is 1. The second-order valence-electron chi connectivity index (χ2n) is 5.08. The molecule has 0 amide bonds. The van der Waals surface area contributed by atoms with Crippen LogP contribution in [0.4, 0.5) is 8.78 Å². The summed E-state index contributed by atoms with van der Waals surface area (Å²) in [7, 11) is 0. The van der Waals surface area contributed by atoms with Gasteiger partial charge in [-0.1, -0.05) is 26.8 Å². The quantitative estimate of drug-likeness (QED) is 0.750. The third-order valence-corrected chi connectivity index (χ3v) is 2.66. The molecule has 0 aliphatic carbocycles. The minimum atomic E-state index is -0.913. The predicted molar refractivity (Wildman–Crippen MR) is 63.2 cm³/mol. The van der Waals surface area contributed by atoms with Crippen LogP contribution in [0.2, 0.25) is 0 Å². The Morgan fingerprint density at radius 2 is 1.82 bits per heavy atom. The van der Waals surface area contributed by atoms with Gasteiger partial charge in [0.1, 0.15) is 0 Å². The fourth-order valence-corrected chi connectivity index (χ4v) is 1.87. The Labute approximate surface area is 97.3 Å². The number of hydrogen-bond acceptors (Lipinski definition) is 1. The van der Waals surface area contributed by atoms with Gasteiger partial charge in [0.2, 0.25) is 5.56 Å². The van der Waals surface area contributed by atoms with Crippen molar-refractivity contribution in [1.29, 1.82) is 0 Å². The molecule has 17 heavy (non-hydrogen) atoms. The van der Waals surface area contributed by atoms with E-state index in [4.69, 9.17) is 0 Å². The van der Waals surface area contributed by atoms with Crippen LogP contribution in [-0.4, -0.2) is 4.98 Å². The molecule has 1 heterocycles. The monoisotopic (exact) mass is 237 g/mol. The lowest BCUT2D eigenvalue weighted by Crippen LogP contribution is -2.20. The van der Waals surface area contributed by atoms with Gasteiger partial charge in [0.25, 0.3) is 0 Å². The summed E-state index contributed by atoms with van der Waals surface area (Å²) in [5.74, 6) is -1.82. The topological polar surface area (TPSA) is 32.9 Å². The van der Waals surface area contributed by atoms with Gasteiger partial charge in [0.05, 0.1) is 0 Å². The molecular weight excluding hydrogens is 224 g/mol. The average molecular weight is 237 g/mol. The van der Waals surface area contributed by atoms with Crippen LogP contribution in [0, 0.1) is 11.6 Å². The zero-order chi connectivity index (χ0) is 12.8. The van der Waals surface area contributed by atoms with Crippen LogP contribution in [0.5, 0.6) is 0 Å².